The minimum atomic E-state index is -0.00296. The molecule has 19 heavy (non-hydrogen) atoms. The van der Waals surface area contributed by atoms with Gasteiger partial charge in [-0.25, -0.2) is 4.98 Å². The summed E-state index contributed by atoms with van der Waals surface area (Å²) in [6, 6.07) is 3.64. The molecule has 0 spiro atoms. The highest BCUT2D eigenvalue weighted by Crippen LogP contribution is 2.38. The Morgan fingerprint density at radius 3 is 2.79 bits per heavy atom. The molecule has 0 aromatic carbocycles. The van der Waals surface area contributed by atoms with Crippen molar-refractivity contribution in [3.8, 4) is 0 Å². The number of anilines is 1. The van der Waals surface area contributed by atoms with Gasteiger partial charge >= 0.3 is 0 Å². The monoisotopic (exact) mass is 325 g/mol. The van der Waals surface area contributed by atoms with E-state index in [-0.39, 0.29) is 11.3 Å². The Kier molecular flexibility index (Phi) is 4.93. The van der Waals surface area contributed by atoms with Crippen molar-refractivity contribution in [2.75, 3.05) is 11.9 Å². The summed E-state index contributed by atoms with van der Waals surface area (Å²) in [4.78, 5) is 16.3. The lowest BCUT2D eigenvalue weighted by molar-refractivity contribution is -0.118. The largest absolute Gasteiger partial charge is 0.330 e. The first kappa shape index (κ1) is 14.5. The molecule has 1 amide bonds. The van der Waals surface area contributed by atoms with Crippen LogP contribution in [0.1, 0.15) is 38.5 Å². The minimum absolute atomic E-state index is 0.00296. The molecular formula is C14H20BrN3O. The molecule has 0 aliphatic heterocycles. The summed E-state index contributed by atoms with van der Waals surface area (Å²) in [5.74, 6) is 0.0288. The predicted octanol–water partition coefficient (Wildman–Crippen LogP) is 3.08. The van der Waals surface area contributed by atoms with Crippen molar-refractivity contribution in [3.05, 3.63) is 22.9 Å². The molecule has 3 N–H and O–H groups in total. The number of hydrogen-bond donors (Lipinski definition) is 2. The van der Waals surface area contributed by atoms with Gasteiger partial charge < -0.3 is 11.1 Å². The number of nitrogens with two attached hydrogens (primary N) is 1. The van der Waals surface area contributed by atoms with Crippen molar-refractivity contribution in [2.24, 2.45) is 11.1 Å². The zero-order valence-corrected chi connectivity index (χ0v) is 12.6. The van der Waals surface area contributed by atoms with Gasteiger partial charge in [0.1, 0.15) is 4.60 Å². The number of aromatic nitrogens is 1. The second kappa shape index (κ2) is 6.48. The van der Waals surface area contributed by atoms with Gasteiger partial charge in [0.2, 0.25) is 5.91 Å². The summed E-state index contributed by atoms with van der Waals surface area (Å²) in [6.07, 6.45) is 7.93. The maximum atomic E-state index is 12.2. The number of hydrogen-bond acceptors (Lipinski definition) is 3. The van der Waals surface area contributed by atoms with Crippen molar-refractivity contribution < 1.29 is 4.79 Å². The van der Waals surface area contributed by atoms with Gasteiger partial charge in [-0.05, 0) is 52.9 Å². The van der Waals surface area contributed by atoms with Crippen molar-refractivity contribution >= 4 is 27.5 Å². The Morgan fingerprint density at radius 1 is 1.42 bits per heavy atom. The number of nitrogens with zero attached hydrogens (tertiary/aromatic N) is 1. The smallest absolute Gasteiger partial charge is 0.225 e. The second-order valence-corrected chi connectivity index (χ2v) is 6.08. The van der Waals surface area contributed by atoms with Crippen LogP contribution in [-0.2, 0) is 4.79 Å². The zero-order chi connectivity index (χ0) is 13.7. The molecule has 4 nitrogen and oxygen atoms in total. The van der Waals surface area contributed by atoms with E-state index < -0.39 is 0 Å². The van der Waals surface area contributed by atoms with E-state index in [2.05, 4.69) is 26.2 Å². The van der Waals surface area contributed by atoms with E-state index in [1.165, 1.54) is 19.3 Å². The number of amides is 1. The SMILES string of the molecule is NCC1(CC(=O)Nc2cccnc2Br)CCCCC1. The van der Waals surface area contributed by atoms with Gasteiger partial charge in [0.25, 0.3) is 0 Å². The first-order chi connectivity index (χ1) is 9.15. The lowest BCUT2D eigenvalue weighted by Crippen LogP contribution is -2.36. The molecule has 1 aromatic heterocycles. The molecule has 0 atom stereocenters. The van der Waals surface area contributed by atoms with Crippen LogP contribution in [0.3, 0.4) is 0 Å². The molecule has 1 aliphatic rings. The van der Waals surface area contributed by atoms with Crippen LogP contribution < -0.4 is 11.1 Å². The van der Waals surface area contributed by atoms with Gasteiger partial charge in [-0.15, -0.1) is 0 Å². The molecule has 104 valence electrons. The van der Waals surface area contributed by atoms with Crippen LogP contribution in [0.2, 0.25) is 0 Å². The van der Waals surface area contributed by atoms with Crippen molar-refractivity contribution in [2.45, 2.75) is 38.5 Å². The van der Waals surface area contributed by atoms with Crippen molar-refractivity contribution in [3.63, 3.8) is 0 Å². The van der Waals surface area contributed by atoms with E-state index >= 15 is 0 Å². The van der Waals surface area contributed by atoms with Crippen molar-refractivity contribution in [1.82, 2.24) is 4.98 Å². The fraction of sp³-hybridized carbons (Fsp3) is 0.571. The second-order valence-electron chi connectivity index (χ2n) is 5.33. The van der Waals surface area contributed by atoms with Crippen LogP contribution in [0.25, 0.3) is 0 Å². The summed E-state index contributed by atoms with van der Waals surface area (Å²) in [6.45, 7) is 0.592. The quantitative estimate of drug-likeness (QED) is 0.836. The molecule has 0 radical (unpaired) electrons. The van der Waals surface area contributed by atoms with Gasteiger partial charge in [0.05, 0.1) is 5.69 Å². The average molecular weight is 326 g/mol. The Morgan fingerprint density at radius 2 is 2.16 bits per heavy atom. The molecular weight excluding hydrogens is 306 g/mol. The lowest BCUT2D eigenvalue weighted by Gasteiger charge is -2.35. The van der Waals surface area contributed by atoms with Crippen LogP contribution in [0.4, 0.5) is 5.69 Å². The normalized spacial score (nSPS) is 18.0. The maximum Gasteiger partial charge on any atom is 0.225 e. The molecule has 2 rings (SSSR count). The first-order valence-electron chi connectivity index (χ1n) is 6.76. The summed E-state index contributed by atoms with van der Waals surface area (Å²) in [5, 5.41) is 2.91. The highest BCUT2D eigenvalue weighted by molar-refractivity contribution is 9.10. The van der Waals surface area contributed by atoms with Crippen LogP contribution >= 0.6 is 15.9 Å². The molecule has 0 bridgehead atoms. The number of pyridine rings is 1. The molecule has 1 fully saturated rings. The molecule has 0 unspecified atom stereocenters. The molecule has 1 saturated carbocycles. The number of nitrogens with one attached hydrogen (secondary N) is 1. The van der Waals surface area contributed by atoms with Crippen LogP contribution in [0, 0.1) is 5.41 Å². The maximum absolute atomic E-state index is 12.2. The lowest BCUT2D eigenvalue weighted by atomic mass is 9.71. The highest BCUT2D eigenvalue weighted by Gasteiger charge is 2.33. The highest BCUT2D eigenvalue weighted by atomic mass is 79.9. The van der Waals surface area contributed by atoms with Gasteiger partial charge in [0, 0.05) is 12.6 Å². The Balaban J connectivity index is 1.98. The number of halogens is 1. The molecule has 5 heteroatoms. The van der Waals surface area contributed by atoms with Crippen molar-refractivity contribution in [1.29, 1.82) is 0 Å². The number of carbonyl (C=O) groups excluding carboxylic acids is 1. The standard InChI is InChI=1S/C14H20BrN3O/c15-13-11(5-4-8-17-13)18-12(19)9-14(10-16)6-2-1-3-7-14/h4-5,8H,1-3,6-7,9-10,16H2,(H,18,19). The fourth-order valence-electron chi connectivity index (χ4n) is 2.77. The Hall–Kier alpha value is -0.940. The summed E-state index contributed by atoms with van der Waals surface area (Å²) in [5.41, 5.74) is 6.62. The topological polar surface area (TPSA) is 68.0 Å². The third kappa shape index (κ3) is 3.76. The summed E-state index contributed by atoms with van der Waals surface area (Å²) in [7, 11) is 0. The molecule has 0 saturated heterocycles. The summed E-state index contributed by atoms with van der Waals surface area (Å²) >= 11 is 3.33. The van der Waals surface area contributed by atoms with Gasteiger partial charge in [-0.1, -0.05) is 19.3 Å². The average Bonchev–Trinajstić information content (AvgIpc) is 2.42. The van der Waals surface area contributed by atoms with E-state index in [1.807, 2.05) is 6.07 Å². The third-order valence-corrected chi connectivity index (χ3v) is 4.55. The number of rotatable bonds is 4. The van der Waals surface area contributed by atoms with Crippen LogP contribution in [-0.4, -0.2) is 17.4 Å². The predicted molar refractivity (Wildman–Crippen MR) is 79.8 cm³/mol. The fourth-order valence-corrected chi connectivity index (χ4v) is 3.12. The molecule has 1 aromatic rings. The van der Waals surface area contributed by atoms with Crippen LogP contribution in [0.5, 0.6) is 0 Å². The van der Waals surface area contributed by atoms with E-state index in [1.54, 1.807) is 12.3 Å². The molecule has 1 aliphatic carbocycles. The first-order valence-corrected chi connectivity index (χ1v) is 7.55. The third-order valence-electron chi connectivity index (χ3n) is 3.92. The van der Waals surface area contributed by atoms with Gasteiger partial charge in [-0.3, -0.25) is 4.79 Å². The van der Waals surface area contributed by atoms with E-state index in [0.29, 0.717) is 17.6 Å². The Bertz CT molecular complexity index is 444. The number of carbonyl (C=O) groups is 1. The van der Waals surface area contributed by atoms with E-state index in [0.717, 1.165) is 18.5 Å². The Labute approximate surface area is 122 Å². The van der Waals surface area contributed by atoms with Crippen LogP contribution in [0.15, 0.2) is 22.9 Å². The van der Waals surface area contributed by atoms with E-state index in [9.17, 15) is 4.79 Å². The van der Waals surface area contributed by atoms with Gasteiger partial charge in [-0.2, -0.15) is 0 Å². The van der Waals surface area contributed by atoms with Gasteiger partial charge in [0.15, 0.2) is 0 Å². The summed E-state index contributed by atoms with van der Waals surface area (Å²) < 4.78 is 0.661. The zero-order valence-electron chi connectivity index (χ0n) is 11.0. The minimum Gasteiger partial charge on any atom is -0.330 e. The molecule has 1 heterocycles. The van der Waals surface area contributed by atoms with E-state index in [4.69, 9.17) is 5.73 Å².